The smallest absolute Gasteiger partial charge is 0.256 e. The van der Waals surface area contributed by atoms with Crippen LogP contribution in [0.3, 0.4) is 0 Å². The van der Waals surface area contributed by atoms with Gasteiger partial charge >= 0.3 is 0 Å². The first-order chi connectivity index (χ1) is 37.1. The molecule has 0 saturated heterocycles. The summed E-state index contributed by atoms with van der Waals surface area (Å²) in [4.78, 5) is 4.63. The molecular weight excluding hydrogens is 918 g/mol. The van der Waals surface area contributed by atoms with Crippen LogP contribution in [0.5, 0.6) is 46.0 Å². The molecular formula is C67H46B2N2O4. The van der Waals surface area contributed by atoms with E-state index in [4.69, 9.17) is 18.9 Å². The van der Waals surface area contributed by atoms with Gasteiger partial charge in [-0.25, -0.2) is 0 Å². The first-order valence-electron chi connectivity index (χ1n) is 25.4. The van der Waals surface area contributed by atoms with E-state index in [1.54, 1.807) is 0 Å². The normalized spacial score (nSPS) is 12.5. The first kappa shape index (κ1) is 44.1. The highest BCUT2D eigenvalue weighted by atomic mass is 16.5. The topological polar surface area (TPSA) is 43.4 Å². The number of rotatable bonds is 10. The lowest BCUT2D eigenvalue weighted by atomic mass is 9.31. The fourth-order valence-electron chi connectivity index (χ4n) is 11.4. The van der Waals surface area contributed by atoms with E-state index in [1.807, 2.05) is 48.5 Å². The van der Waals surface area contributed by atoms with E-state index in [-0.39, 0.29) is 13.4 Å². The molecule has 11 aromatic carbocycles. The Hall–Kier alpha value is -9.65. The highest BCUT2D eigenvalue weighted by Gasteiger charge is 2.45. The van der Waals surface area contributed by atoms with E-state index >= 15 is 0 Å². The molecule has 0 atom stereocenters. The number of nitrogens with zero attached hydrogens (tertiary/aromatic N) is 2. The summed E-state index contributed by atoms with van der Waals surface area (Å²) in [6, 6.07) is 90.7. The maximum absolute atomic E-state index is 7.27. The molecule has 0 N–H and O–H groups in total. The SMILES string of the molecule is CN(c1ccccc1)c1ccccc1B1c2ccc(Oc3ccccc3-c3ccccc3)cc2Oc2cc3c(cc21)B1c2ccccc2N(c2ccccc2)c2cc(Oc4ccccc4-c4ccccc4)cc(c21)O3. The minimum Gasteiger partial charge on any atom is -0.458 e. The van der Waals surface area contributed by atoms with Gasteiger partial charge in [0.25, 0.3) is 13.4 Å². The molecule has 3 heterocycles. The third-order valence-electron chi connectivity index (χ3n) is 14.8. The van der Waals surface area contributed by atoms with E-state index < -0.39 is 0 Å². The Morgan fingerprint density at radius 1 is 0.373 bits per heavy atom. The molecule has 6 nitrogen and oxygen atoms in total. The molecule has 75 heavy (non-hydrogen) atoms. The second kappa shape index (κ2) is 18.4. The van der Waals surface area contributed by atoms with Crippen molar-refractivity contribution < 1.29 is 18.9 Å². The lowest BCUT2D eigenvalue weighted by Crippen LogP contribution is -2.62. The monoisotopic (exact) mass is 964 g/mol. The molecule has 0 radical (unpaired) electrons. The number of benzene rings is 11. The molecule has 0 aromatic heterocycles. The van der Waals surface area contributed by atoms with Crippen molar-refractivity contribution in [3.63, 3.8) is 0 Å². The Bertz CT molecular complexity index is 3950. The Morgan fingerprint density at radius 3 is 1.59 bits per heavy atom. The number of ether oxygens (including phenoxy) is 4. The summed E-state index contributed by atoms with van der Waals surface area (Å²) in [6.07, 6.45) is 0. The van der Waals surface area contributed by atoms with E-state index in [2.05, 4.69) is 229 Å². The maximum atomic E-state index is 7.27. The van der Waals surface area contributed by atoms with Crippen LogP contribution in [-0.4, -0.2) is 20.5 Å². The zero-order valence-corrected chi connectivity index (χ0v) is 41.0. The molecule has 0 amide bonds. The van der Waals surface area contributed by atoms with Crippen LogP contribution in [0.4, 0.5) is 28.4 Å². The lowest BCUT2D eigenvalue weighted by Gasteiger charge is -2.40. The van der Waals surface area contributed by atoms with E-state index in [9.17, 15) is 0 Å². The van der Waals surface area contributed by atoms with Crippen molar-refractivity contribution in [2.24, 2.45) is 0 Å². The van der Waals surface area contributed by atoms with Crippen molar-refractivity contribution in [1.82, 2.24) is 0 Å². The van der Waals surface area contributed by atoms with Crippen molar-refractivity contribution in [3.8, 4) is 68.2 Å². The highest BCUT2D eigenvalue weighted by molar-refractivity contribution is 7.01. The summed E-state index contributed by atoms with van der Waals surface area (Å²) in [5, 5.41) is 0. The molecule has 0 aliphatic carbocycles. The van der Waals surface area contributed by atoms with Gasteiger partial charge in [0.1, 0.15) is 46.0 Å². The summed E-state index contributed by atoms with van der Waals surface area (Å²) >= 11 is 0. The fraction of sp³-hybridized carbons (Fsp3) is 0.0149. The van der Waals surface area contributed by atoms with E-state index in [0.29, 0.717) is 23.0 Å². The minimum absolute atomic E-state index is 0.185. The third kappa shape index (κ3) is 7.78. The van der Waals surface area contributed by atoms with Gasteiger partial charge < -0.3 is 28.7 Å². The van der Waals surface area contributed by atoms with Gasteiger partial charge in [-0.3, -0.25) is 0 Å². The van der Waals surface area contributed by atoms with Crippen LogP contribution in [0.15, 0.2) is 261 Å². The standard InChI is InChI=1S/C67H46B2N2O4/c1-70(47-26-10-4-11-27-47)58-34-18-16-32-53(58)68-55-39-38-49(72-61-36-20-14-30-51(61)45-22-6-2-7-23-45)41-63(55)74-64-44-65-57(43-56(64)68)69-54-33-17-19-35-59(54)71(48-28-12-5-13-29-48)60-40-50(42-66(75-65)67(60)69)73-62-37-21-15-31-52(62)46-24-8-3-9-25-46/h2-44H,1H3. The van der Waals surface area contributed by atoms with Gasteiger partial charge in [0, 0.05) is 70.9 Å². The van der Waals surface area contributed by atoms with Gasteiger partial charge in [0.15, 0.2) is 0 Å². The van der Waals surface area contributed by atoms with Crippen molar-refractivity contribution in [1.29, 1.82) is 0 Å². The molecule has 354 valence electrons. The first-order valence-corrected chi connectivity index (χ1v) is 25.4. The van der Waals surface area contributed by atoms with Crippen LogP contribution in [0.1, 0.15) is 0 Å². The molecule has 0 fully saturated rings. The van der Waals surface area contributed by atoms with Crippen molar-refractivity contribution >= 4 is 74.6 Å². The predicted octanol–water partition coefficient (Wildman–Crippen LogP) is 13.4. The van der Waals surface area contributed by atoms with Crippen LogP contribution < -0.4 is 61.5 Å². The second-order valence-electron chi connectivity index (χ2n) is 19.2. The molecule has 8 heteroatoms. The average Bonchev–Trinajstić information content (AvgIpc) is 3.52. The fourth-order valence-corrected chi connectivity index (χ4v) is 11.4. The van der Waals surface area contributed by atoms with Crippen LogP contribution in [0, 0.1) is 0 Å². The molecule has 14 rings (SSSR count). The number of hydrogen-bond donors (Lipinski definition) is 0. The van der Waals surface area contributed by atoms with Gasteiger partial charge in [-0.1, -0.05) is 182 Å². The van der Waals surface area contributed by atoms with E-state index in [1.165, 1.54) is 5.46 Å². The van der Waals surface area contributed by atoms with Crippen molar-refractivity contribution in [2.45, 2.75) is 0 Å². The summed E-state index contributed by atoms with van der Waals surface area (Å²) in [5.41, 5.74) is 16.0. The van der Waals surface area contributed by atoms with Crippen LogP contribution >= 0.6 is 0 Å². The van der Waals surface area contributed by atoms with Gasteiger partial charge in [0.05, 0.1) is 0 Å². The lowest BCUT2D eigenvalue weighted by molar-refractivity contribution is 0.452. The molecule has 0 unspecified atom stereocenters. The van der Waals surface area contributed by atoms with Gasteiger partial charge in [-0.05, 0) is 98.5 Å². The van der Waals surface area contributed by atoms with Crippen molar-refractivity contribution in [2.75, 3.05) is 16.8 Å². The molecule has 11 aromatic rings. The molecule has 0 bridgehead atoms. The van der Waals surface area contributed by atoms with E-state index in [0.717, 1.165) is 101 Å². The predicted molar refractivity (Wildman–Crippen MR) is 308 cm³/mol. The van der Waals surface area contributed by atoms with Gasteiger partial charge in [-0.2, -0.15) is 0 Å². The van der Waals surface area contributed by atoms with Crippen LogP contribution in [0.2, 0.25) is 0 Å². The Labute approximate surface area is 437 Å². The molecule has 0 spiro atoms. The zero-order chi connectivity index (χ0) is 49.8. The number of fused-ring (bicyclic) bond motifs is 6. The third-order valence-corrected chi connectivity index (χ3v) is 14.8. The highest BCUT2D eigenvalue weighted by Crippen LogP contribution is 2.45. The molecule has 3 aliphatic rings. The van der Waals surface area contributed by atoms with Crippen LogP contribution in [-0.2, 0) is 0 Å². The number of anilines is 5. The quantitative estimate of drug-likeness (QED) is 0.127. The summed E-state index contributed by atoms with van der Waals surface area (Å²) < 4.78 is 28.2. The molecule has 0 saturated carbocycles. The second-order valence-corrected chi connectivity index (χ2v) is 19.2. The Morgan fingerprint density at radius 2 is 0.893 bits per heavy atom. The maximum Gasteiger partial charge on any atom is 0.256 e. The number of para-hydroxylation sites is 6. The molecule has 3 aliphatic heterocycles. The Balaban J connectivity index is 0.943. The summed E-state index contributed by atoms with van der Waals surface area (Å²) in [7, 11) is 2.14. The summed E-state index contributed by atoms with van der Waals surface area (Å²) in [5.74, 6) is 5.73. The zero-order valence-electron chi connectivity index (χ0n) is 41.0. The van der Waals surface area contributed by atoms with Crippen LogP contribution in [0.25, 0.3) is 22.3 Å². The van der Waals surface area contributed by atoms with Gasteiger partial charge in [-0.15, -0.1) is 0 Å². The minimum atomic E-state index is -0.233. The summed E-state index contributed by atoms with van der Waals surface area (Å²) in [6.45, 7) is -0.418. The Kier molecular flexibility index (Phi) is 10.8. The van der Waals surface area contributed by atoms with Crippen molar-refractivity contribution in [3.05, 3.63) is 261 Å². The average molecular weight is 965 g/mol. The largest absolute Gasteiger partial charge is 0.458 e. The van der Waals surface area contributed by atoms with Gasteiger partial charge in [0.2, 0.25) is 0 Å². The number of hydrogen-bond acceptors (Lipinski definition) is 6.